The molecule has 1 aliphatic rings. The Morgan fingerprint density at radius 3 is 2.10 bits per heavy atom. The molecular weight excluding hydrogens is 405 g/mol. The van der Waals surface area contributed by atoms with Gasteiger partial charge >= 0.3 is 12.3 Å². The maximum atomic E-state index is 12.6. The lowest BCUT2D eigenvalue weighted by atomic mass is 9.78. The summed E-state index contributed by atoms with van der Waals surface area (Å²) >= 11 is 0. The molecule has 1 saturated carbocycles. The highest BCUT2D eigenvalue weighted by Crippen LogP contribution is 2.33. The van der Waals surface area contributed by atoms with Gasteiger partial charge in [0.2, 0.25) is 0 Å². The molecule has 0 unspecified atom stereocenters. The van der Waals surface area contributed by atoms with Gasteiger partial charge in [-0.1, -0.05) is 32.6 Å². The molecule has 31 heavy (non-hydrogen) atoms. The zero-order chi connectivity index (χ0) is 22.9. The van der Waals surface area contributed by atoms with E-state index in [0.717, 1.165) is 24.5 Å². The van der Waals surface area contributed by atoms with E-state index in [1.165, 1.54) is 75.1 Å². The number of hydrogen-bond donors (Lipinski definition) is 0. The van der Waals surface area contributed by atoms with Crippen molar-refractivity contribution in [2.24, 2.45) is 11.8 Å². The average molecular weight is 443 g/mol. The van der Waals surface area contributed by atoms with Gasteiger partial charge in [-0.25, -0.2) is 4.79 Å². The van der Waals surface area contributed by atoms with Crippen LogP contribution in [0.5, 0.6) is 5.75 Å². The van der Waals surface area contributed by atoms with Crippen LogP contribution in [0.3, 0.4) is 0 Å². The average Bonchev–Trinajstić information content (AvgIpc) is 2.73. The molecule has 1 aromatic rings. The number of halogens is 3. The molecule has 0 aliphatic heterocycles. The first kappa shape index (κ1) is 25.5. The molecule has 1 aromatic carbocycles. The van der Waals surface area contributed by atoms with Gasteiger partial charge in [-0.2, -0.15) is 13.2 Å². The Morgan fingerprint density at radius 1 is 0.968 bits per heavy atom. The quantitative estimate of drug-likeness (QED) is 0.417. The molecule has 1 fully saturated rings. The fourth-order valence-corrected chi connectivity index (χ4v) is 4.31. The molecule has 7 heteroatoms. The van der Waals surface area contributed by atoms with Crippen LogP contribution in [0.2, 0.25) is 0 Å². The summed E-state index contributed by atoms with van der Waals surface area (Å²) in [6.07, 6.45) is 4.72. The smallest absolute Gasteiger partial charge is 0.410 e. The summed E-state index contributed by atoms with van der Waals surface area (Å²) in [5.74, 6) is 1.57. The zero-order valence-electron chi connectivity index (χ0n) is 19.1. The van der Waals surface area contributed by atoms with Crippen molar-refractivity contribution in [3.63, 3.8) is 0 Å². The fourth-order valence-electron chi connectivity index (χ4n) is 4.31. The van der Waals surface area contributed by atoms with Crippen molar-refractivity contribution in [1.82, 2.24) is 9.80 Å². The van der Waals surface area contributed by atoms with Crippen LogP contribution in [-0.2, 0) is 6.18 Å². The number of benzene rings is 1. The van der Waals surface area contributed by atoms with E-state index >= 15 is 0 Å². The van der Waals surface area contributed by atoms with Crippen molar-refractivity contribution in [3.05, 3.63) is 29.8 Å². The van der Waals surface area contributed by atoms with E-state index < -0.39 is 17.8 Å². The van der Waals surface area contributed by atoms with Crippen LogP contribution < -0.4 is 4.74 Å². The van der Waals surface area contributed by atoms with Crippen molar-refractivity contribution in [3.8, 4) is 5.75 Å². The summed E-state index contributed by atoms with van der Waals surface area (Å²) in [5, 5.41) is 0. The van der Waals surface area contributed by atoms with Crippen molar-refractivity contribution in [2.75, 3.05) is 33.7 Å². The predicted octanol–water partition coefficient (Wildman–Crippen LogP) is 6.45. The van der Waals surface area contributed by atoms with Gasteiger partial charge in [0.15, 0.2) is 0 Å². The summed E-state index contributed by atoms with van der Waals surface area (Å²) in [5.41, 5.74) is -0.760. The van der Waals surface area contributed by atoms with Gasteiger partial charge in [0.1, 0.15) is 5.75 Å². The zero-order valence-corrected chi connectivity index (χ0v) is 19.1. The summed E-state index contributed by atoms with van der Waals surface area (Å²) < 4.78 is 43.0. The second-order valence-corrected chi connectivity index (χ2v) is 8.93. The number of amides is 1. The van der Waals surface area contributed by atoms with E-state index in [4.69, 9.17) is 4.74 Å². The molecule has 0 spiro atoms. The first-order chi connectivity index (χ1) is 14.7. The van der Waals surface area contributed by atoms with Gasteiger partial charge in [-0.15, -0.1) is 0 Å². The number of ether oxygens (including phenoxy) is 1. The number of carbonyl (C=O) groups excluding carboxylic acids is 1. The molecule has 0 aromatic heterocycles. The molecule has 0 radical (unpaired) electrons. The van der Waals surface area contributed by atoms with Crippen LogP contribution in [0, 0.1) is 11.8 Å². The number of alkyl halides is 3. The van der Waals surface area contributed by atoms with E-state index in [2.05, 4.69) is 18.9 Å². The molecule has 0 heterocycles. The van der Waals surface area contributed by atoms with Gasteiger partial charge in [0.05, 0.1) is 5.56 Å². The van der Waals surface area contributed by atoms with Crippen molar-refractivity contribution in [2.45, 2.75) is 64.5 Å². The largest absolute Gasteiger partial charge is 0.416 e. The first-order valence-electron chi connectivity index (χ1n) is 11.5. The second-order valence-electron chi connectivity index (χ2n) is 8.93. The highest BCUT2D eigenvalue weighted by atomic mass is 19.4. The minimum atomic E-state index is -4.40. The SMILES string of the molecule is CCCN(C)CCC[C@H]1CC[C@H](CCN(C)C(=O)Oc2ccc(C(F)(F)F)cc2)CC1. The topological polar surface area (TPSA) is 32.8 Å². The van der Waals surface area contributed by atoms with E-state index in [0.29, 0.717) is 12.5 Å². The van der Waals surface area contributed by atoms with Crippen LogP contribution >= 0.6 is 0 Å². The van der Waals surface area contributed by atoms with Crippen LogP contribution in [-0.4, -0.2) is 49.6 Å². The molecule has 0 saturated heterocycles. The summed E-state index contributed by atoms with van der Waals surface area (Å²) in [7, 11) is 3.87. The van der Waals surface area contributed by atoms with Crippen LogP contribution in [0.4, 0.5) is 18.0 Å². The lowest BCUT2D eigenvalue weighted by Crippen LogP contribution is -2.32. The van der Waals surface area contributed by atoms with E-state index in [1.807, 2.05) is 0 Å². The highest BCUT2D eigenvalue weighted by Gasteiger charge is 2.30. The molecule has 1 amide bonds. The minimum Gasteiger partial charge on any atom is -0.410 e. The molecule has 2 rings (SSSR count). The normalized spacial score (nSPS) is 19.5. The van der Waals surface area contributed by atoms with Crippen molar-refractivity contribution in [1.29, 1.82) is 0 Å². The molecular formula is C24H37F3N2O2. The molecule has 0 bridgehead atoms. The Bertz CT molecular complexity index is 656. The van der Waals surface area contributed by atoms with Crippen LogP contribution in [0.1, 0.15) is 63.9 Å². The van der Waals surface area contributed by atoms with Crippen molar-refractivity contribution < 1.29 is 22.7 Å². The molecule has 1 aliphatic carbocycles. The lowest BCUT2D eigenvalue weighted by Gasteiger charge is -2.30. The third-order valence-corrected chi connectivity index (χ3v) is 6.30. The molecule has 0 atom stereocenters. The Hall–Kier alpha value is -1.76. The third kappa shape index (κ3) is 9.09. The number of rotatable bonds is 10. The van der Waals surface area contributed by atoms with E-state index in [-0.39, 0.29) is 5.75 Å². The van der Waals surface area contributed by atoms with Gasteiger partial charge < -0.3 is 14.5 Å². The Balaban J connectivity index is 1.64. The maximum Gasteiger partial charge on any atom is 0.416 e. The third-order valence-electron chi connectivity index (χ3n) is 6.30. The molecule has 4 nitrogen and oxygen atoms in total. The van der Waals surface area contributed by atoms with Gasteiger partial charge in [-0.3, -0.25) is 0 Å². The van der Waals surface area contributed by atoms with Gasteiger partial charge in [-0.05, 0) is 81.9 Å². The second kappa shape index (κ2) is 12.3. The van der Waals surface area contributed by atoms with Crippen LogP contribution in [0.15, 0.2) is 24.3 Å². The van der Waals surface area contributed by atoms with Gasteiger partial charge in [0, 0.05) is 13.6 Å². The van der Waals surface area contributed by atoms with E-state index in [9.17, 15) is 18.0 Å². The summed E-state index contributed by atoms with van der Waals surface area (Å²) in [6, 6.07) is 4.19. The van der Waals surface area contributed by atoms with Crippen LogP contribution in [0.25, 0.3) is 0 Å². The van der Waals surface area contributed by atoms with Gasteiger partial charge in [0.25, 0.3) is 0 Å². The Kier molecular flexibility index (Phi) is 10.1. The summed E-state index contributed by atoms with van der Waals surface area (Å²) in [6.45, 7) is 5.15. The minimum absolute atomic E-state index is 0.120. The van der Waals surface area contributed by atoms with Crippen molar-refractivity contribution >= 4 is 6.09 Å². The van der Waals surface area contributed by atoms with E-state index in [1.54, 1.807) is 7.05 Å². The maximum absolute atomic E-state index is 12.6. The number of nitrogens with zero attached hydrogens (tertiary/aromatic N) is 2. The number of carbonyl (C=O) groups is 1. The number of hydrogen-bond acceptors (Lipinski definition) is 3. The monoisotopic (exact) mass is 442 g/mol. The standard InChI is InChI=1S/C24H37F3N2O2/c1-4-16-28(2)17-5-6-19-7-9-20(10-8-19)15-18-29(3)23(30)31-22-13-11-21(12-14-22)24(25,26)27/h11-14,19-20H,4-10,15-18H2,1-3H3/t19-,20-. The molecule has 176 valence electrons. The Morgan fingerprint density at radius 2 is 1.55 bits per heavy atom. The molecule has 0 N–H and O–H groups in total. The fraction of sp³-hybridized carbons (Fsp3) is 0.708. The Labute approximate surface area is 184 Å². The lowest BCUT2D eigenvalue weighted by molar-refractivity contribution is -0.137. The predicted molar refractivity (Wildman–Crippen MR) is 117 cm³/mol. The first-order valence-corrected chi connectivity index (χ1v) is 11.5. The summed E-state index contributed by atoms with van der Waals surface area (Å²) in [4.78, 5) is 16.1. The highest BCUT2D eigenvalue weighted by molar-refractivity contribution is 5.70.